The Bertz CT molecular complexity index is 1090. The molecule has 5 rings (SSSR count). The fraction of sp³-hybridized carbons (Fsp3) is 0.548. The zero-order valence-electron chi connectivity index (χ0n) is 22.0. The van der Waals surface area contributed by atoms with Gasteiger partial charge in [0.25, 0.3) is 5.91 Å². The van der Waals surface area contributed by atoms with E-state index in [2.05, 4.69) is 46.3 Å². The lowest BCUT2D eigenvalue weighted by atomic mass is 9.89. The summed E-state index contributed by atoms with van der Waals surface area (Å²) >= 11 is 0. The number of Topliss-reactive ketones (excluding diaryl/α,β-unsaturated/α-hetero) is 1. The van der Waals surface area contributed by atoms with Crippen molar-refractivity contribution < 1.29 is 9.59 Å². The topological polar surface area (TPSA) is 52.7 Å². The number of hydrogen-bond donors (Lipinski definition) is 1. The monoisotopic (exact) mass is 487 g/mol. The molecule has 0 unspecified atom stereocenters. The second-order valence-corrected chi connectivity index (χ2v) is 11.1. The number of nitrogens with zero attached hydrogens (tertiary/aromatic N) is 2. The Kier molecular flexibility index (Phi) is 7.76. The van der Waals surface area contributed by atoms with Crippen LogP contribution >= 0.6 is 0 Å². The molecule has 0 atom stereocenters. The van der Waals surface area contributed by atoms with Gasteiger partial charge in [0.05, 0.1) is 0 Å². The molecular formula is C31H41N3O2. The summed E-state index contributed by atoms with van der Waals surface area (Å²) < 4.78 is 0. The lowest BCUT2D eigenvalue weighted by Gasteiger charge is -2.40. The van der Waals surface area contributed by atoms with E-state index in [1.54, 1.807) is 0 Å². The quantitative estimate of drug-likeness (QED) is 0.578. The smallest absolute Gasteiger partial charge is 0.251 e. The second kappa shape index (κ2) is 11.2. The molecule has 0 bridgehead atoms. The summed E-state index contributed by atoms with van der Waals surface area (Å²) in [7, 11) is 0. The van der Waals surface area contributed by atoms with E-state index in [-0.39, 0.29) is 11.7 Å². The number of carbonyl (C=O) groups is 2. The minimum Gasteiger partial charge on any atom is -0.368 e. The summed E-state index contributed by atoms with van der Waals surface area (Å²) in [6.07, 6.45) is 14.7. The van der Waals surface area contributed by atoms with Gasteiger partial charge in [0, 0.05) is 62.0 Å². The molecule has 5 nitrogen and oxygen atoms in total. The molecule has 2 aliphatic heterocycles. The van der Waals surface area contributed by atoms with Crippen molar-refractivity contribution >= 4 is 17.4 Å². The van der Waals surface area contributed by atoms with E-state index < -0.39 is 0 Å². The average molecular weight is 488 g/mol. The van der Waals surface area contributed by atoms with Gasteiger partial charge in [0.15, 0.2) is 5.78 Å². The van der Waals surface area contributed by atoms with E-state index in [0.29, 0.717) is 19.0 Å². The van der Waals surface area contributed by atoms with Crippen molar-refractivity contribution in [2.75, 3.05) is 37.6 Å². The molecular weight excluding hydrogens is 446 g/mol. The fourth-order valence-electron chi connectivity index (χ4n) is 6.21. The van der Waals surface area contributed by atoms with Crippen LogP contribution in [0.4, 0.5) is 5.69 Å². The summed E-state index contributed by atoms with van der Waals surface area (Å²) in [5.74, 6) is 1.01. The van der Waals surface area contributed by atoms with Crippen LogP contribution in [0.2, 0.25) is 0 Å². The first kappa shape index (κ1) is 25.0. The standard InChI is InChI=1S/C31H41N3O2/c1-3-34(25-14-16-33(17-15-25)21-23-12-13-23)29-11-7-10-27-26(29)9-6-4-5-8-24-18-22(2)19-30(35)28(24)20-32-31(27)36/h4,6-7,10-11,18,23,25H,3,5,8-9,12-17,19-21H2,1-2H3,(H,32,36)/b6-4+. The van der Waals surface area contributed by atoms with Crippen LogP contribution in [0, 0.1) is 5.92 Å². The Morgan fingerprint density at radius 3 is 2.64 bits per heavy atom. The van der Waals surface area contributed by atoms with Gasteiger partial charge in [-0.25, -0.2) is 0 Å². The Balaban J connectivity index is 1.38. The SMILES string of the molecule is CCN(c1cccc2c1C/C=C/CCC1=C(CNC2=O)C(=O)CC(C)=C1)C1CCN(CC2CC2)CC1. The van der Waals surface area contributed by atoms with E-state index >= 15 is 0 Å². The molecule has 1 aromatic rings. The molecule has 2 heterocycles. The number of anilines is 1. The molecule has 0 aromatic heterocycles. The number of piperidine rings is 1. The maximum absolute atomic E-state index is 13.4. The van der Waals surface area contributed by atoms with Crippen LogP contribution in [-0.2, 0) is 11.2 Å². The lowest BCUT2D eigenvalue weighted by Crippen LogP contribution is -2.46. The van der Waals surface area contributed by atoms with Gasteiger partial charge in [-0.2, -0.15) is 0 Å². The second-order valence-electron chi connectivity index (χ2n) is 11.1. The molecule has 1 saturated carbocycles. The molecule has 5 heteroatoms. The molecule has 2 fully saturated rings. The molecule has 0 spiro atoms. The molecule has 1 aromatic carbocycles. The van der Waals surface area contributed by atoms with Crippen LogP contribution < -0.4 is 10.2 Å². The van der Waals surface area contributed by atoms with Crippen molar-refractivity contribution in [3.05, 3.63) is 64.3 Å². The third-order valence-corrected chi connectivity index (χ3v) is 8.34. The maximum Gasteiger partial charge on any atom is 0.251 e. The molecule has 1 saturated heterocycles. The number of ketones is 1. The summed E-state index contributed by atoms with van der Waals surface area (Å²) in [6, 6.07) is 6.68. The third kappa shape index (κ3) is 5.67. The molecule has 36 heavy (non-hydrogen) atoms. The number of carbonyl (C=O) groups excluding carboxylic acids is 2. The highest BCUT2D eigenvalue weighted by molar-refractivity contribution is 6.02. The van der Waals surface area contributed by atoms with Crippen LogP contribution in [-0.4, -0.2) is 55.4 Å². The van der Waals surface area contributed by atoms with Gasteiger partial charge in [-0.05, 0) is 88.0 Å². The fourth-order valence-corrected chi connectivity index (χ4v) is 6.21. The number of amides is 1. The number of allylic oxidation sites excluding steroid dienone is 5. The number of likely N-dealkylation sites (tertiary alicyclic amines) is 1. The van der Waals surface area contributed by atoms with Crippen molar-refractivity contribution in [3.63, 3.8) is 0 Å². The average Bonchev–Trinajstić information content (AvgIpc) is 3.68. The van der Waals surface area contributed by atoms with Crippen LogP contribution in [0.25, 0.3) is 0 Å². The van der Waals surface area contributed by atoms with Crippen LogP contribution in [0.1, 0.15) is 74.7 Å². The van der Waals surface area contributed by atoms with E-state index in [1.165, 1.54) is 51.0 Å². The normalized spacial score (nSPS) is 23.1. The Morgan fingerprint density at radius 1 is 1.08 bits per heavy atom. The number of rotatable bonds is 5. The summed E-state index contributed by atoms with van der Waals surface area (Å²) in [5.41, 5.74) is 5.99. The third-order valence-electron chi connectivity index (χ3n) is 8.34. The number of benzene rings is 1. The number of hydrogen-bond acceptors (Lipinski definition) is 4. The van der Waals surface area contributed by atoms with Crippen molar-refractivity contribution in [1.82, 2.24) is 10.2 Å². The van der Waals surface area contributed by atoms with Crippen molar-refractivity contribution in [2.45, 2.75) is 71.3 Å². The largest absolute Gasteiger partial charge is 0.368 e. The van der Waals surface area contributed by atoms with Gasteiger partial charge >= 0.3 is 0 Å². The highest BCUT2D eigenvalue weighted by Crippen LogP contribution is 2.33. The first-order valence-electron chi connectivity index (χ1n) is 14.0. The number of fused-ring (bicyclic) bond motifs is 1. The summed E-state index contributed by atoms with van der Waals surface area (Å²) in [4.78, 5) is 31.4. The molecule has 2 aliphatic carbocycles. The molecule has 0 radical (unpaired) electrons. The zero-order chi connectivity index (χ0) is 25.1. The Morgan fingerprint density at radius 2 is 1.89 bits per heavy atom. The van der Waals surface area contributed by atoms with Crippen molar-refractivity contribution in [3.8, 4) is 0 Å². The minimum atomic E-state index is -0.0814. The van der Waals surface area contributed by atoms with Crippen molar-refractivity contribution in [1.29, 1.82) is 0 Å². The molecule has 1 amide bonds. The first-order valence-corrected chi connectivity index (χ1v) is 14.0. The van der Waals surface area contributed by atoms with Crippen LogP contribution in [0.5, 0.6) is 0 Å². The molecule has 4 aliphatic rings. The Hall–Kier alpha value is -2.66. The number of nitrogens with one attached hydrogen (secondary N) is 1. The van der Waals surface area contributed by atoms with Crippen molar-refractivity contribution in [2.24, 2.45) is 5.92 Å². The maximum atomic E-state index is 13.4. The van der Waals surface area contributed by atoms with E-state index in [1.807, 2.05) is 19.1 Å². The van der Waals surface area contributed by atoms with Gasteiger partial charge in [-0.15, -0.1) is 0 Å². The highest BCUT2D eigenvalue weighted by atomic mass is 16.2. The van der Waals surface area contributed by atoms with Crippen LogP contribution in [0.15, 0.2) is 53.1 Å². The summed E-state index contributed by atoms with van der Waals surface area (Å²) in [6.45, 7) is 9.12. The van der Waals surface area contributed by atoms with Gasteiger partial charge in [0.2, 0.25) is 0 Å². The minimum absolute atomic E-state index is 0.0814. The van der Waals surface area contributed by atoms with Gasteiger partial charge < -0.3 is 15.1 Å². The predicted octanol–water partition coefficient (Wildman–Crippen LogP) is 5.23. The first-order chi connectivity index (χ1) is 17.5. The summed E-state index contributed by atoms with van der Waals surface area (Å²) in [5, 5.41) is 3.10. The van der Waals surface area contributed by atoms with Gasteiger partial charge in [-0.3, -0.25) is 9.59 Å². The van der Waals surface area contributed by atoms with Gasteiger partial charge in [-0.1, -0.05) is 29.9 Å². The molecule has 1 N–H and O–H groups in total. The van der Waals surface area contributed by atoms with E-state index in [4.69, 9.17) is 0 Å². The zero-order valence-corrected chi connectivity index (χ0v) is 22.0. The van der Waals surface area contributed by atoms with Crippen LogP contribution in [0.3, 0.4) is 0 Å². The highest BCUT2D eigenvalue weighted by Gasteiger charge is 2.30. The Labute approximate surface area is 216 Å². The predicted molar refractivity (Wildman–Crippen MR) is 146 cm³/mol. The van der Waals surface area contributed by atoms with Gasteiger partial charge in [0.1, 0.15) is 0 Å². The lowest BCUT2D eigenvalue weighted by molar-refractivity contribution is -0.115. The van der Waals surface area contributed by atoms with E-state index in [0.717, 1.165) is 59.6 Å². The molecule has 192 valence electrons. The van der Waals surface area contributed by atoms with E-state index in [9.17, 15) is 9.59 Å².